The Labute approximate surface area is 94.9 Å². The van der Waals surface area contributed by atoms with Gasteiger partial charge in [-0.2, -0.15) is 0 Å². The molecule has 3 nitrogen and oxygen atoms in total. The molecular weight excluding hydrogens is 188 g/mol. The second kappa shape index (κ2) is 8.08. The molecule has 0 aliphatic carbocycles. The first-order valence-electron chi connectivity index (χ1n) is 6.15. The van der Waals surface area contributed by atoms with Crippen LogP contribution in [0.3, 0.4) is 0 Å². The van der Waals surface area contributed by atoms with Crippen molar-refractivity contribution in [2.45, 2.75) is 46.8 Å². The number of aliphatic hydroxyl groups is 1. The lowest BCUT2D eigenvalue weighted by molar-refractivity contribution is 0.112. The largest absolute Gasteiger partial charge is 0.390 e. The molecule has 3 heteroatoms. The van der Waals surface area contributed by atoms with Gasteiger partial charge in [0.25, 0.3) is 0 Å². The van der Waals surface area contributed by atoms with Crippen LogP contribution in [0.1, 0.15) is 34.6 Å². The molecule has 0 amide bonds. The molecule has 0 aliphatic rings. The molecule has 2 N–H and O–H groups in total. The van der Waals surface area contributed by atoms with Crippen LogP contribution in [0.25, 0.3) is 0 Å². The third kappa shape index (κ3) is 6.88. The molecule has 15 heavy (non-hydrogen) atoms. The van der Waals surface area contributed by atoms with E-state index >= 15 is 0 Å². The number of aliphatic hydroxyl groups excluding tert-OH is 1. The summed E-state index contributed by atoms with van der Waals surface area (Å²) in [7, 11) is 0. The smallest absolute Gasteiger partial charge is 0.0791 e. The van der Waals surface area contributed by atoms with Crippen molar-refractivity contribution in [3.8, 4) is 0 Å². The molecule has 0 aromatic rings. The number of rotatable bonds is 8. The zero-order valence-electron chi connectivity index (χ0n) is 11.0. The summed E-state index contributed by atoms with van der Waals surface area (Å²) in [6.07, 6.45) is -0.258. The van der Waals surface area contributed by atoms with Crippen LogP contribution in [0, 0.1) is 5.92 Å². The topological polar surface area (TPSA) is 35.5 Å². The van der Waals surface area contributed by atoms with E-state index in [0.29, 0.717) is 18.5 Å². The second-order valence-electron chi connectivity index (χ2n) is 4.58. The van der Waals surface area contributed by atoms with Crippen molar-refractivity contribution in [2.24, 2.45) is 5.92 Å². The molecular formula is C12H28N2O. The van der Waals surface area contributed by atoms with Crippen molar-refractivity contribution in [3.63, 3.8) is 0 Å². The summed E-state index contributed by atoms with van der Waals surface area (Å²) in [5.41, 5.74) is 0. The highest BCUT2D eigenvalue weighted by atomic mass is 16.3. The van der Waals surface area contributed by atoms with Crippen molar-refractivity contribution >= 4 is 0 Å². The average molecular weight is 216 g/mol. The van der Waals surface area contributed by atoms with Crippen molar-refractivity contribution in [1.82, 2.24) is 10.2 Å². The summed E-state index contributed by atoms with van der Waals surface area (Å²) in [5.74, 6) is 0.616. The molecule has 0 radical (unpaired) electrons. The summed E-state index contributed by atoms with van der Waals surface area (Å²) in [6, 6.07) is 0.469. The Morgan fingerprint density at radius 3 is 2.07 bits per heavy atom. The van der Waals surface area contributed by atoms with Gasteiger partial charge in [-0.15, -0.1) is 0 Å². The maximum Gasteiger partial charge on any atom is 0.0791 e. The Morgan fingerprint density at radius 2 is 1.67 bits per heavy atom. The van der Waals surface area contributed by atoms with Gasteiger partial charge in [0.05, 0.1) is 6.10 Å². The van der Waals surface area contributed by atoms with Crippen molar-refractivity contribution in [3.05, 3.63) is 0 Å². The normalized spacial score (nSPS) is 16.0. The minimum Gasteiger partial charge on any atom is -0.390 e. The molecule has 0 spiro atoms. The van der Waals surface area contributed by atoms with Crippen LogP contribution in [0.15, 0.2) is 0 Å². The van der Waals surface area contributed by atoms with Crippen LogP contribution < -0.4 is 5.32 Å². The van der Waals surface area contributed by atoms with Gasteiger partial charge in [-0.05, 0) is 25.9 Å². The highest BCUT2D eigenvalue weighted by Crippen LogP contribution is 2.00. The average Bonchev–Trinajstić information content (AvgIpc) is 2.22. The summed E-state index contributed by atoms with van der Waals surface area (Å²) in [5, 5.41) is 13.2. The van der Waals surface area contributed by atoms with Gasteiger partial charge in [-0.1, -0.05) is 27.7 Å². The third-order valence-corrected chi connectivity index (χ3v) is 3.04. The maximum absolute atomic E-state index is 9.81. The molecule has 0 heterocycles. The van der Waals surface area contributed by atoms with Crippen LogP contribution in [0.2, 0.25) is 0 Å². The van der Waals surface area contributed by atoms with Crippen LogP contribution in [0.4, 0.5) is 0 Å². The van der Waals surface area contributed by atoms with E-state index in [2.05, 4.69) is 44.8 Å². The fourth-order valence-electron chi connectivity index (χ4n) is 1.40. The molecule has 0 saturated heterocycles. The molecule has 0 saturated carbocycles. The Kier molecular flexibility index (Phi) is 8.02. The quantitative estimate of drug-likeness (QED) is 0.642. The lowest BCUT2D eigenvalue weighted by atomic mass is 10.1. The highest BCUT2D eigenvalue weighted by molar-refractivity contribution is 4.70. The van der Waals surface area contributed by atoms with Gasteiger partial charge in [-0.3, -0.25) is 0 Å². The van der Waals surface area contributed by atoms with Gasteiger partial charge in [0, 0.05) is 19.1 Å². The number of nitrogens with zero attached hydrogens (tertiary/aromatic N) is 1. The number of hydrogen-bond acceptors (Lipinski definition) is 3. The summed E-state index contributed by atoms with van der Waals surface area (Å²) in [4.78, 5) is 2.24. The molecule has 0 rings (SSSR count). The minimum atomic E-state index is -0.258. The van der Waals surface area contributed by atoms with E-state index in [1.54, 1.807) is 0 Å². The molecule has 0 aliphatic heterocycles. The maximum atomic E-state index is 9.81. The van der Waals surface area contributed by atoms with Crippen molar-refractivity contribution < 1.29 is 5.11 Å². The lowest BCUT2D eigenvalue weighted by Crippen LogP contribution is -2.42. The van der Waals surface area contributed by atoms with Crippen LogP contribution >= 0.6 is 0 Å². The van der Waals surface area contributed by atoms with E-state index in [9.17, 15) is 5.11 Å². The Morgan fingerprint density at radius 1 is 1.13 bits per heavy atom. The van der Waals surface area contributed by atoms with Gasteiger partial charge in [0.1, 0.15) is 0 Å². The van der Waals surface area contributed by atoms with Gasteiger partial charge < -0.3 is 15.3 Å². The predicted molar refractivity (Wildman–Crippen MR) is 66.1 cm³/mol. The van der Waals surface area contributed by atoms with Crippen molar-refractivity contribution in [1.29, 1.82) is 0 Å². The fraction of sp³-hybridized carbons (Fsp3) is 1.00. The Bertz CT molecular complexity index is 147. The van der Waals surface area contributed by atoms with Gasteiger partial charge >= 0.3 is 0 Å². The van der Waals surface area contributed by atoms with E-state index in [-0.39, 0.29) is 6.10 Å². The second-order valence-corrected chi connectivity index (χ2v) is 4.58. The first-order chi connectivity index (χ1) is 7.01. The molecule has 0 aromatic carbocycles. The molecule has 92 valence electrons. The first kappa shape index (κ1) is 14.9. The lowest BCUT2D eigenvalue weighted by Gasteiger charge is -2.24. The molecule has 2 unspecified atom stereocenters. The Balaban J connectivity index is 3.69. The van der Waals surface area contributed by atoms with Crippen LogP contribution in [-0.4, -0.2) is 48.3 Å². The highest BCUT2D eigenvalue weighted by Gasteiger charge is 2.11. The number of nitrogens with one attached hydrogen (secondary N) is 1. The van der Waals surface area contributed by atoms with Crippen molar-refractivity contribution in [2.75, 3.05) is 26.2 Å². The van der Waals surface area contributed by atoms with E-state index < -0.39 is 0 Å². The van der Waals surface area contributed by atoms with Crippen LogP contribution in [0.5, 0.6) is 0 Å². The molecule has 0 fully saturated rings. The molecule has 0 bridgehead atoms. The van der Waals surface area contributed by atoms with E-state index in [1.807, 2.05) is 0 Å². The standard InChI is InChI=1S/C12H28N2O/c1-6-14(7-2)9-12(15)8-13-11(5)10(3)4/h10-13,15H,6-9H2,1-5H3. The number of likely N-dealkylation sites (N-methyl/N-ethyl adjacent to an activating group) is 1. The van der Waals surface area contributed by atoms with Gasteiger partial charge in [0.2, 0.25) is 0 Å². The SMILES string of the molecule is CCN(CC)CC(O)CNC(C)C(C)C. The minimum absolute atomic E-state index is 0.258. The molecule has 2 atom stereocenters. The first-order valence-corrected chi connectivity index (χ1v) is 6.15. The summed E-state index contributed by atoms with van der Waals surface area (Å²) in [6.45, 7) is 14.3. The fourth-order valence-corrected chi connectivity index (χ4v) is 1.40. The predicted octanol–water partition coefficient (Wildman–Crippen LogP) is 1.32. The third-order valence-electron chi connectivity index (χ3n) is 3.04. The van der Waals surface area contributed by atoms with Gasteiger partial charge in [-0.25, -0.2) is 0 Å². The Hall–Kier alpha value is -0.120. The van der Waals surface area contributed by atoms with E-state index in [1.165, 1.54) is 0 Å². The number of hydrogen-bond donors (Lipinski definition) is 2. The van der Waals surface area contributed by atoms with Gasteiger partial charge in [0.15, 0.2) is 0 Å². The van der Waals surface area contributed by atoms with Crippen LogP contribution in [-0.2, 0) is 0 Å². The summed E-state index contributed by atoms with van der Waals surface area (Å²) < 4.78 is 0. The molecule has 0 aromatic heterocycles. The zero-order chi connectivity index (χ0) is 11.8. The van der Waals surface area contributed by atoms with E-state index in [4.69, 9.17) is 0 Å². The summed E-state index contributed by atoms with van der Waals surface area (Å²) >= 11 is 0. The monoisotopic (exact) mass is 216 g/mol. The zero-order valence-corrected chi connectivity index (χ0v) is 11.0. The van der Waals surface area contributed by atoms with E-state index in [0.717, 1.165) is 19.6 Å².